The molecule has 1 aliphatic rings. The van der Waals surface area contributed by atoms with Crippen LogP contribution in [0.15, 0.2) is 72.2 Å². The average Bonchev–Trinajstić information content (AvgIpc) is 3.44. The molecule has 1 amide bonds. The van der Waals surface area contributed by atoms with E-state index in [-0.39, 0.29) is 12.5 Å². The summed E-state index contributed by atoms with van der Waals surface area (Å²) >= 11 is 12.6. The molecule has 0 bridgehead atoms. The normalized spacial score (nSPS) is 14.1. The maximum atomic E-state index is 13.9. The SMILES string of the molecule is COc1ccc(OC)c(NC(=O)C2=C(C)Nc3ncnn3[C@@H]2c2ccc(OCc3c(Cl)cccc3Cl)c(OC)c2)c1. The molecule has 0 aliphatic carbocycles. The van der Waals surface area contributed by atoms with E-state index in [1.807, 2.05) is 13.0 Å². The van der Waals surface area contributed by atoms with Crippen LogP contribution >= 0.6 is 23.2 Å². The van der Waals surface area contributed by atoms with E-state index < -0.39 is 6.04 Å². The van der Waals surface area contributed by atoms with Gasteiger partial charge in [0, 0.05) is 27.4 Å². The van der Waals surface area contributed by atoms with Crippen molar-refractivity contribution in [2.24, 2.45) is 0 Å². The molecule has 12 heteroatoms. The van der Waals surface area contributed by atoms with Crippen LogP contribution < -0.4 is 29.6 Å². The molecule has 0 spiro atoms. The van der Waals surface area contributed by atoms with Gasteiger partial charge in [0.1, 0.15) is 30.5 Å². The Balaban J connectivity index is 1.49. The third-order valence-corrected chi connectivity index (χ3v) is 7.34. The average molecular weight is 596 g/mol. The highest BCUT2D eigenvalue weighted by atomic mass is 35.5. The largest absolute Gasteiger partial charge is 0.497 e. The summed E-state index contributed by atoms with van der Waals surface area (Å²) in [7, 11) is 4.63. The molecule has 10 nitrogen and oxygen atoms in total. The van der Waals surface area contributed by atoms with Crippen molar-refractivity contribution in [2.45, 2.75) is 19.6 Å². The fourth-order valence-corrected chi connectivity index (χ4v) is 5.09. The summed E-state index contributed by atoms with van der Waals surface area (Å²) in [6.07, 6.45) is 1.43. The second-order valence-electron chi connectivity index (χ2n) is 9.01. The van der Waals surface area contributed by atoms with Gasteiger partial charge in [-0.1, -0.05) is 35.3 Å². The van der Waals surface area contributed by atoms with Gasteiger partial charge < -0.3 is 29.6 Å². The summed E-state index contributed by atoms with van der Waals surface area (Å²) in [5.41, 5.74) is 2.88. The fourth-order valence-electron chi connectivity index (χ4n) is 4.59. The highest BCUT2D eigenvalue weighted by Crippen LogP contribution is 2.40. The van der Waals surface area contributed by atoms with Gasteiger partial charge in [0.2, 0.25) is 5.95 Å². The van der Waals surface area contributed by atoms with Crippen molar-refractivity contribution in [1.29, 1.82) is 0 Å². The molecule has 0 saturated heterocycles. The molecule has 41 heavy (non-hydrogen) atoms. The van der Waals surface area contributed by atoms with Crippen LogP contribution in [0.25, 0.3) is 0 Å². The van der Waals surface area contributed by atoms with Gasteiger partial charge in [-0.2, -0.15) is 10.1 Å². The van der Waals surface area contributed by atoms with Gasteiger partial charge >= 0.3 is 0 Å². The highest BCUT2D eigenvalue weighted by Gasteiger charge is 2.34. The van der Waals surface area contributed by atoms with E-state index in [0.29, 0.717) is 61.5 Å². The number of aromatic nitrogens is 3. The van der Waals surface area contributed by atoms with E-state index >= 15 is 0 Å². The van der Waals surface area contributed by atoms with E-state index in [1.54, 1.807) is 67.4 Å². The molecule has 0 unspecified atom stereocenters. The van der Waals surface area contributed by atoms with Crippen molar-refractivity contribution in [3.63, 3.8) is 0 Å². The lowest BCUT2D eigenvalue weighted by molar-refractivity contribution is -0.113. The van der Waals surface area contributed by atoms with E-state index in [2.05, 4.69) is 20.7 Å². The molecule has 1 atom stereocenters. The number of methoxy groups -OCH3 is 3. The highest BCUT2D eigenvalue weighted by molar-refractivity contribution is 6.35. The number of amides is 1. The van der Waals surface area contributed by atoms with Crippen molar-refractivity contribution < 1.29 is 23.7 Å². The molecule has 1 aromatic heterocycles. The van der Waals surface area contributed by atoms with Gasteiger partial charge in [-0.05, 0) is 48.9 Å². The number of ether oxygens (including phenoxy) is 4. The summed E-state index contributed by atoms with van der Waals surface area (Å²) in [6.45, 7) is 1.95. The second-order valence-corrected chi connectivity index (χ2v) is 9.83. The van der Waals surface area contributed by atoms with Gasteiger partial charge in [0.25, 0.3) is 5.91 Å². The van der Waals surface area contributed by atoms with Gasteiger partial charge in [0.05, 0.1) is 32.6 Å². The summed E-state index contributed by atoms with van der Waals surface area (Å²) in [6, 6.07) is 15.2. The molecule has 2 heterocycles. The lowest BCUT2D eigenvalue weighted by Crippen LogP contribution is -2.31. The van der Waals surface area contributed by atoms with Crippen molar-refractivity contribution in [2.75, 3.05) is 32.0 Å². The van der Waals surface area contributed by atoms with Crippen LogP contribution in [0.5, 0.6) is 23.0 Å². The minimum atomic E-state index is -0.633. The zero-order valence-corrected chi connectivity index (χ0v) is 24.2. The van der Waals surface area contributed by atoms with Gasteiger partial charge in [-0.3, -0.25) is 4.79 Å². The number of fused-ring (bicyclic) bond motifs is 1. The Morgan fingerprint density at radius 3 is 2.41 bits per heavy atom. The van der Waals surface area contributed by atoms with Crippen LogP contribution in [0, 0.1) is 0 Å². The Kier molecular flexibility index (Phi) is 8.23. The fraction of sp³-hybridized carbons (Fsp3) is 0.207. The van der Waals surface area contributed by atoms with Crippen LogP contribution in [0.2, 0.25) is 10.0 Å². The molecule has 0 saturated carbocycles. The quantitative estimate of drug-likeness (QED) is 0.238. The van der Waals surface area contributed by atoms with Crippen molar-refractivity contribution in [1.82, 2.24) is 14.8 Å². The molecule has 0 radical (unpaired) electrons. The maximum Gasteiger partial charge on any atom is 0.255 e. The lowest BCUT2D eigenvalue weighted by Gasteiger charge is -2.29. The van der Waals surface area contributed by atoms with Crippen molar-refractivity contribution >= 4 is 40.7 Å². The van der Waals surface area contributed by atoms with E-state index in [0.717, 1.165) is 5.56 Å². The van der Waals surface area contributed by atoms with Crippen LogP contribution in [-0.4, -0.2) is 42.0 Å². The summed E-state index contributed by atoms with van der Waals surface area (Å²) < 4.78 is 24.1. The zero-order valence-electron chi connectivity index (χ0n) is 22.7. The summed E-state index contributed by atoms with van der Waals surface area (Å²) in [5, 5.41) is 11.5. The molecule has 3 aromatic carbocycles. The first-order valence-electron chi connectivity index (χ1n) is 12.5. The number of benzene rings is 3. The topological polar surface area (TPSA) is 109 Å². The summed E-state index contributed by atoms with van der Waals surface area (Å²) in [4.78, 5) is 18.2. The molecule has 2 N–H and O–H groups in total. The minimum absolute atomic E-state index is 0.143. The van der Waals surface area contributed by atoms with Crippen LogP contribution in [0.1, 0.15) is 24.1 Å². The smallest absolute Gasteiger partial charge is 0.255 e. The minimum Gasteiger partial charge on any atom is -0.497 e. The van der Waals surface area contributed by atoms with Crippen LogP contribution in [-0.2, 0) is 11.4 Å². The summed E-state index contributed by atoms with van der Waals surface area (Å²) in [5.74, 6) is 2.13. The monoisotopic (exact) mass is 595 g/mol. The third-order valence-electron chi connectivity index (χ3n) is 6.63. The molecular weight excluding hydrogens is 569 g/mol. The Morgan fingerprint density at radius 2 is 1.71 bits per heavy atom. The maximum absolute atomic E-state index is 13.9. The Labute approximate surface area is 246 Å². The molecule has 5 rings (SSSR count). The predicted octanol–water partition coefficient (Wildman–Crippen LogP) is 6.12. The number of halogens is 2. The Bertz CT molecular complexity index is 1620. The number of anilines is 2. The number of hydrogen-bond acceptors (Lipinski definition) is 8. The van der Waals surface area contributed by atoms with Gasteiger partial charge in [-0.15, -0.1) is 0 Å². The van der Waals surface area contributed by atoms with Crippen molar-refractivity contribution in [3.05, 3.63) is 93.4 Å². The van der Waals surface area contributed by atoms with E-state index in [4.69, 9.17) is 42.1 Å². The Hall–Kier alpha value is -4.41. The number of carbonyl (C=O) groups excluding carboxylic acids is 1. The number of hydrogen-bond donors (Lipinski definition) is 2. The van der Waals surface area contributed by atoms with E-state index in [9.17, 15) is 4.79 Å². The molecule has 4 aromatic rings. The number of carbonyl (C=O) groups is 1. The molecule has 0 fully saturated rings. The van der Waals surface area contributed by atoms with Crippen LogP contribution in [0.4, 0.5) is 11.6 Å². The predicted molar refractivity (Wildman–Crippen MR) is 156 cm³/mol. The van der Waals surface area contributed by atoms with E-state index in [1.165, 1.54) is 13.4 Å². The first kappa shape index (κ1) is 28.1. The van der Waals surface area contributed by atoms with Gasteiger partial charge in [-0.25, -0.2) is 4.68 Å². The lowest BCUT2D eigenvalue weighted by atomic mass is 9.94. The first-order chi connectivity index (χ1) is 19.8. The molecular formula is C29H27Cl2N5O5. The molecule has 212 valence electrons. The standard InChI is InChI=1S/C29H27Cl2N5O5/c1-16-26(28(37)35-22-13-18(38-2)9-11-23(22)39-3)27(36-29(34-16)32-15-33-36)17-8-10-24(25(12-17)40-4)41-14-19-20(30)6-5-7-21(19)31/h5-13,15,27H,14H2,1-4H3,(H,35,37)(H,32,33,34)/t27-/m1/s1. The zero-order chi connectivity index (χ0) is 29.1. The number of nitrogens with one attached hydrogen (secondary N) is 2. The number of nitrogens with zero attached hydrogens (tertiary/aromatic N) is 3. The number of allylic oxidation sites excluding steroid dienone is 1. The second kappa shape index (κ2) is 12.0. The molecule has 1 aliphatic heterocycles. The van der Waals surface area contributed by atoms with Gasteiger partial charge in [0.15, 0.2) is 11.5 Å². The van der Waals surface area contributed by atoms with Crippen molar-refractivity contribution in [3.8, 4) is 23.0 Å². The van der Waals surface area contributed by atoms with Crippen LogP contribution in [0.3, 0.4) is 0 Å². The first-order valence-corrected chi connectivity index (χ1v) is 13.2. The number of rotatable bonds is 9. The Morgan fingerprint density at radius 1 is 0.976 bits per heavy atom. The third kappa shape index (κ3) is 5.61.